The van der Waals surface area contributed by atoms with Gasteiger partial charge in [-0.2, -0.15) is 0 Å². The Morgan fingerprint density at radius 1 is 0.920 bits per heavy atom. The summed E-state index contributed by atoms with van der Waals surface area (Å²) in [6, 6.07) is 0. The summed E-state index contributed by atoms with van der Waals surface area (Å²) in [6.45, 7) is 14.7. The second-order valence-electron chi connectivity index (χ2n) is 5.69. The molecule has 0 atom stereocenters. The highest BCUT2D eigenvalue weighted by Gasteiger charge is 2.20. The van der Waals surface area contributed by atoms with Crippen molar-refractivity contribution in [2.24, 2.45) is 0 Å². The van der Waals surface area contributed by atoms with Crippen molar-refractivity contribution in [3.63, 3.8) is 0 Å². The molecule has 1 aromatic rings. The Hall–Kier alpha value is -1.93. The molecule has 1 aromatic heterocycles. The summed E-state index contributed by atoms with van der Waals surface area (Å²) in [5.41, 5.74) is 0.347. The number of rotatable bonds is 12. The zero-order chi connectivity index (χ0) is 18.7. The molecule has 0 radical (unpaired) electrons. The lowest BCUT2D eigenvalue weighted by molar-refractivity contribution is 0.0909. The average molecular weight is 352 g/mol. The Kier molecular flexibility index (Phi) is 9.79. The van der Waals surface area contributed by atoms with Gasteiger partial charge in [0.2, 0.25) is 0 Å². The van der Waals surface area contributed by atoms with Gasteiger partial charge >= 0.3 is 0 Å². The molecule has 0 spiro atoms. The third-order valence-corrected chi connectivity index (χ3v) is 4.30. The van der Waals surface area contributed by atoms with E-state index in [2.05, 4.69) is 58.1 Å². The summed E-state index contributed by atoms with van der Waals surface area (Å²) in [7, 11) is 0. The summed E-state index contributed by atoms with van der Waals surface area (Å²) in [5.74, 6) is -0.638. The van der Waals surface area contributed by atoms with E-state index in [1.54, 1.807) is 0 Å². The Morgan fingerprint density at radius 2 is 1.40 bits per heavy atom. The molecular weight excluding hydrogens is 320 g/mol. The largest absolute Gasteiger partial charge is 0.349 e. The Bertz CT molecular complexity index is 478. The van der Waals surface area contributed by atoms with Gasteiger partial charge in [0.15, 0.2) is 5.69 Å². The topological polar surface area (TPSA) is 93.4 Å². The number of carbonyl (C=O) groups excluding carboxylic acids is 2. The minimum Gasteiger partial charge on any atom is -0.349 e. The van der Waals surface area contributed by atoms with Gasteiger partial charge in [0, 0.05) is 26.2 Å². The number of hydrogen-bond donors (Lipinski definition) is 3. The maximum Gasteiger partial charge on any atom is 0.272 e. The molecule has 25 heavy (non-hydrogen) atoms. The van der Waals surface area contributed by atoms with Crippen LogP contribution in [0.2, 0.25) is 0 Å². The van der Waals surface area contributed by atoms with Crippen LogP contribution in [-0.4, -0.2) is 83.9 Å². The van der Waals surface area contributed by atoms with Crippen LogP contribution in [0, 0.1) is 0 Å². The number of nitrogens with one attached hydrogen (secondary N) is 3. The highest BCUT2D eigenvalue weighted by Crippen LogP contribution is 2.02. The van der Waals surface area contributed by atoms with Crippen molar-refractivity contribution in [3.05, 3.63) is 17.7 Å². The maximum absolute atomic E-state index is 12.3. The maximum atomic E-state index is 12.3. The van der Waals surface area contributed by atoms with Crippen LogP contribution in [0.5, 0.6) is 0 Å². The van der Waals surface area contributed by atoms with E-state index >= 15 is 0 Å². The fourth-order valence-electron chi connectivity index (χ4n) is 2.55. The third-order valence-electron chi connectivity index (χ3n) is 4.30. The second-order valence-corrected chi connectivity index (χ2v) is 5.69. The van der Waals surface area contributed by atoms with Gasteiger partial charge in [0.05, 0.1) is 6.33 Å². The molecule has 0 fully saturated rings. The molecule has 2 amide bonds. The number of nitrogens with zero attached hydrogens (tertiary/aromatic N) is 3. The number of H-pyrrole nitrogens is 1. The molecule has 1 heterocycles. The predicted octanol–water partition coefficient (Wildman–Crippen LogP) is 0.553. The summed E-state index contributed by atoms with van der Waals surface area (Å²) in [4.78, 5) is 35.7. The quantitative estimate of drug-likeness (QED) is 0.511. The molecule has 0 unspecified atom stereocenters. The van der Waals surface area contributed by atoms with Crippen molar-refractivity contribution in [3.8, 4) is 0 Å². The summed E-state index contributed by atoms with van der Waals surface area (Å²) in [5, 5.41) is 5.65. The first-order valence-corrected chi connectivity index (χ1v) is 9.11. The van der Waals surface area contributed by atoms with E-state index in [4.69, 9.17) is 0 Å². The lowest BCUT2D eigenvalue weighted by atomic mass is 10.3. The lowest BCUT2D eigenvalue weighted by Gasteiger charge is -2.18. The molecule has 0 aliphatic heterocycles. The lowest BCUT2D eigenvalue weighted by Crippen LogP contribution is -2.37. The van der Waals surface area contributed by atoms with Crippen molar-refractivity contribution < 1.29 is 9.59 Å². The van der Waals surface area contributed by atoms with Gasteiger partial charge in [-0.25, -0.2) is 4.98 Å². The normalized spacial score (nSPS) is 11.1. The number of amides is 2. The molecule has 3 N–H and O–H groups in total. The molecule has 0 aliphatic carbocycles. The first kappa shape index (κ1) is 21.1. The summed E-state index contributed by atoms with van der Waals surface area (Å²) in [6.07, 6.45) is 1.37. The molecule has 0 aliphatic rings. The van der Waals surface area contributed by atoms with Crippen LogP contribution in [0.3, 0.4) is 0 Å². The molecule has 8 heteroatoms. The Labute approximate surface area is 150 Å². The predicted molar refractivity (Wildman–Crippen MR) is 98.8 cm³/mol. The summed E-state index contributed by atoms with van der Waals surface area (Å²) < 4.78 is 0. The molecule has 0 aromatic carbocycles. The number of likely N-dealkylation sites (N-methyl/N-ethyl adjacent to an activating group) is 2. The zero-order valence-corrected chi connectivity index (χ0v) is 15.9. The fourth-order valence-corrected chi connectivity index (χ4v) is 2.55. The number of aromatic amines is 1. The minimum atomic E-state index is -0.331. The van der Waals surface area contributed by atoms with E-state index in [9.17, 15) is 9.59 Å². The van der Waals surface area contributed by atoms with E-state index < -0.39 is 0 Å². The fraction of sp³-hybridized carbons (Fsp3) is 0.706. The van der Waals surface area contributed by atoms with Crippen molar-refractivity contribution in [2.45, 2.75) is 27.7 Å². The average Bonchev–Trinajstić information content (AvgIpc) is 3.12. The first-order valence-electron chi connectivity index (χ1n) is 9.11. The number of hydrogen-bond acceptors (Lipinski definition) is 5. The smallest absolute Gasteiger partial charge is 0.272 e. The van der Waals surface area contributed by atoms with Crippen LogP contribution in [0.25, 0.3) is 0 Å². The minimum absolute atomic E-state index is 0.139. The van der Waals surface area contributed by atoms with Crippen molar-refractivity contribution in [2.75, 3.05) is 52.4 Å². The van der Waals surface area contributed by atoms with Crippen LogP contribution in [0.15, 0.2) is 6.33 Å². The van der Waals surface area contributed by atoms with E-state index in [0.29, 0.717) is 13.1 Å². The molecule has 1 rings (SSSR count). The molecule has 0 saturated carbocycles. The van der Waals surface area contributed by atoms with Gasteiger partial charge < -0.3 is 25.4 Å². The van der Waals surface area contributed by atoms with E-state index in [-0.39, 0.29) is 23.2 Å². The van der Waals surface area contributed by atoms with Crippen LogP contribution < -0.4 is 10.6 Å². The van der Waals surface area contributed by atoms with Crippen molar-refractivity contribution >= 4 is 11.8 Å². The highest BCUT2D eigenvalue weighted by atomic mass is 16.2. The third kappa shape index (κ3) is 6.83. The Balaban J connectivity index is 2.51. The van der Waals surface area contributed by atoms with Crippen LogP contribution in [0.4, 0.5) is 0 Å². The zero-order valence-electron chi connectivity index (χ0n) is 15.9. The van der Waals surface area contributed by atoms with Gasteiger partial charge in [-0.3, -0.25) is 9.59 Å². The van der Waals surface area contributed by atoms with Crippen LogP contribution in [0.1, 0.15) is 48.7 Å². The Morgan fingerprint density at radius 3 is 1.88 bits per heavy atom. The number of carbonyl (C=O) groups is 2. The SMILES string of the molecule is CCN(CC)CCNC(=O)c1nc[nH]c1C(=O)NCCN(CC)CC. The van der Waals surface area contributed by atoms with Crippen molar-refractivity contribution in [1.82, 2.24) is 30.4 Å². The molecule has 8 nitrogen and oxygen atoms in total. The van der Waals surface area contributed by atoms with Gasteiger partial charge in [0.1, 0.15) is 5.69 Å². The summed E-state index contributed by atoms with van der Waals surface area (Å²) >= 11 is 0. The second kappa shape index (κ2) is 11.6. The first-order chi connectivity index (χ1) is 12.1. The van der Waals surface area contributed by atoms with E-state index in [1.165, 1.54) is 6.33 Å². The molecule has 142 valence electrons. The standard InChI is InChI=1S/C17H32N6O2/c1-5-22(6-2)11-9-18-16(24)14-15(21-13-20-14)17(25)19-10-12-23(7-3)8-4/h13H,5-12H2,1-4H3,(H,18,24)(H,19,25)(H,20,21). The van der Waals surface area contributed by atoms with Crippen LogP contribution >= 0.6 is 0 Å². The van der Waals surface area contributed by atoms with Gasteiger partial charge in [0.25, 0.3) is 11.8 Å². The van der Waals surface area contributed by atoms with Gasteiger partial charge in [-0.05, 0) is 26.2 Å². The van der Waals surface area contributed by atoms with Gasteiger partial charge in [-0.15, -0.1) is 0 Å². The van der Waals surface area contributed by atoms with E-state index in [1.807, 2.05) is 0 Å². The molecular formula is C17H32N6O2. The van der Waals surface area contributed by atoms with Gasteiger partial charge in [-0.1, -0.05) is 27.7 Å². The monoisotopic (exact) mass is 352 g/mol. The number of imidazole rings is 1. The van der Waals surface area contributed by atoms with E-state index in [0.717, 1.165) is 39.3 Å². The highest BCUT2D eigenvalue weighted by molar-refractivity contribution is 6.04. The number of aromatic nitrogens is 2. The van der Waals surface area contributed by atoms with Crippen molar-refractivity contribution in [1.29, 1.82) is 0 Å². The van der Waals surface area contributed by atoms with Crippen LogP contribution in [-0.2, 0) is 0 Å². The molecule has 0 bridgehead atoms. The molecule has 0 saturated heterocycles.